The highest BCUT2D eigenvalue weighted by Gasteiger charge is 2.21. The van der Waals surface area contributed by atoms with Gasteiger partial charge in [-0.15, -0.1) is 0 Å². The number of rotatable bonds is 5. The van der Waals surface area contributed by atoms with E-state index >= 15 is 0 Å². The Labute approximate surface area is 121 Å². The quantitative estimate of drug-likeness (QED) is 0.833. The topological polar surface area (TPSA) is 49.6 Å². The molecule has 20 heavy (non-hydrogen) atoms. The summed E-state index contributed by atoms with van der Waals surface area (Å²) in [7, 11) is 1.89. The molecule has 0 aromatic heterocycles. The van der Waals surface area contributed by atoms with E-state index in [-0.39, 0.29) is 11.9 Å². The van der Waals surface area contributed by atoms with Gasteiger partial charge in [0.2, 0.25) is 5.91 Å². The lowest BCUT2D eigenvalue weighted by molar-refractivity contribution is -0.131. The van der Waals surface area contributed by atoms with Gasteiger partial charge in [0.1, 0.15) is 0 Å². The number of carbonyl (C=O) groups is 1. The first-order chi connectivity index (χ1) is 9.58. The standard InChI is InChI=1S/C16H25N3O/c1-13(12-19-9-5-6-10-19)18(2)16(20)11-14-7-3-4-8-15(14)17/h3-4,7-8,13H,5-6,9-12,17H2,1-2H3/t13-/m0/s1. The van der Waals surface area contributed by atoms with Crippen LogP contribution < -0.4 is 5.73 Å². The molecular weight excluding hydrogens is 250 g/mol. The molecule has 4 nitrogen and oxygen atoms in total. The first-order valence-electron chi connectivity index (χ1n) is 7.39. The van der Waals surface area contributed by atoms with Crippen LogP contribution in [0.5, 0.6) is 0 Å². The maximum Gasteiger partial charge on any atom is 0.227 e. The number of amides is 1. The molecule has 0 aliphatic carbocycles. The fourth-order valence-corrected chi connectivity index (χ4v) is 2.69. The van der Waals surface area contributed by atoms with Crippen LogP contribution >= 0.6 is 0 Å². The van der Waals surface area contributed by atoms with Crippen LogP contribution in [0.15, 0.2) is 24.3 Å². The summed E-state index contributed by atoms with van der Waals surface area (Å²) in [6.07, 6.45) is 2.95. The van der Waals surface area contributed by atoms with Gasteiger partial charge in [-0.25, -0.2) is 0 Å². The van der Waals surface area contributed by atoms with Crippen molar-refractivity contribution in [1.29, 1.82) is 0 Å². The van der Waals surface area contributed by atoms with Crippen molar-refractivity contribution in [3.63, 3.8) is 0 Å². The molecule has 0 unspecified atom stereocenters. The zero-order valence-electron chi connectivity index (χ0n) is 12.5. The van der Waals surface area contributed by atoms with Crippen LogP contribution in [0.1, 0.15) is 25.3 Å². The second kappa shape index (κ2) is 6.75. The van der Waals surface area contributed by atoms with E-state index in [1.165, 1.54) is 12.8 Å². The van der Waals surface area contributed by atoms with Gasteiger partial charge in [-0.05, 0) is 44.5 Å². The molecule has 0 saturated carbocycles. The molecular formula is C16H25N3O. The predicted octanol–water partition coefficient (Wildman–Crippen LogP) is 1.75. The van der Waals surface area contributed by atoms with Crippen LogP contribution in [0.4, 0.5) is 5.69 Å². The number of hydrogen-bond donors (Lipinski definition) is 1. The third-order valence-corrected chi connectivity index (χ3v) is 4.17. The first-order valence-corrected chi connectivity index (χ1v) is 7.39. The number of carbonyl (C=O) groups excluding carboxylic acids is 1. The summed E-state index contributed by atoms with van der Waals surface area (Å²) in [6, 6.07) is 7.82. The molecule has 4 heteroatoms. The van der Waals surface area contributed by atoms with E-state index in [1.807, 2.05) is 36.2 Å². The molecule has 2 N–H and O–H groups in total. The van der Waals surface area contributed by atoms with Crippen molar-refractivity contribution in [2.24, 2.45) is 0 Å². The lowest BCUT2D eigenvalue weighted by atomic mass is 10.1. The minimum Gasteiger partial charge on any atom is -0.398 e. The number of nitrogens with zero attached hydrogens (tertiary/aromatic N) is 2. The lowest BCUT2D eigenvalue weighted by Crippen LogP contribution is -2.43. The van der Waals surface area contributed by atoms with Gasteiger partial charge in [-0.2, -0.15) is 0 Å². The SMILES string of the molecule is C[C@@H](CN1CCCC1)N(C)C(=O)Cc1ccccc1N. The molecule has 2 rings (SSSR count). The molecule has 1 aromatic carbocycles. The van der Waals surface area contributed by atoms with E-state index in [0.717, 1.165) is 25.2 Å². The highest BCUT2D eigenvalue weighted by atomic mass is 16.2. The van der Waals surface area contributed by atoms with Gasteiger partial charge < -0.3 is 15.5 Å². The van der Waals surface area contributed by atoms with Crippen LogP contribution in [-0.4, -0.2) is 48.4 Å². The van der Waals surface area contributed by atoms with Gasteiger partial charge in [0.05, 0.1) is 6.42 Å². The molecule has 0 radical (unpaired) electrons. The molecule has 0 spiro atoms. The van der Waals surface area contributed by atoms with E-state index in [4.69, 9.17) is 5.73 Å². The summed E-state index contributed by atoms with van der Waals surface area (Å²) >= 11 is 0. The highest BCUT2D eigenvalue weighted by molar-refractivity contribution is 5.80. The average molecular weight is 275 g/mol. The average Bonchev–Trinajstić information content (AvgIpc) is 2.93. The Hall–Kier alpha value is -1.55. The van der Waals surface area contributed by atoms with Crippen molar-refractivity contribution in [2.75, 3.05) is 32.4 Å². The van der Waals surface area contributed by atoms with Gasteiger partial charge in [-0.1, -0.05) is 18.2 Å². The summed E-state index contributed by atoms with van der Waals surface area (Å²) in [5.41, 5.74) is 7.51. The van der Waals surface area contributed by atoms with E-state index in [0.29, 0.717) is 12.1 Å². The second-order valence-corrected chi connectivity index (χ2v) is 5.74. The Balaban J connectivity index is 1.89. The third kappa shape index (κ3) is 3.73. The van der Waals surface area contributed by atoms with Crippen molar-refractivity contribution in [3.8, 4) is 0 Å². The molecule has 110 valence electrons. The normalized spacial score (nSPS) is 17.1. The number of benzene rings is 1. The van der Waals surface area contributed by atoms with Crippen LogP contribution in [0, 0.1) is 0 Å². The number of nitrogen functional groups attached to an aromatic ring is 1. The summed E-state index contributed by atoms with van der Waals surface area (Å²) in [4.78, 5) is 16.6. The van der Waals surface area contributed by atoms with Crippen molar-refractivity contribution >= 4 is 11.6 Å². The van der Waals surface area contributed by atoms with Gasteiger partial charge in [0.25, 0.3) is 0 Å². The number of anilines is 1. The fraction of sp³-hybridized carbons (Fsp3) is 0.562. The molecule has 0 bridgehead atoms. The third-order valence-electron chi connectivity index (χ3n) is 4.17. The van der Waals surface area contributed by atoms with Crippen molar-refractivity contribution in [1.82, 2.24) is 9.80 Å². The largest absolute Gasteiger partial charge is 0.398 e. The number of likely N-dealkylation sites (N-methyl/N-ethyl adjacent to an activating group) is 1. The number of para-hydroxylation sites is 1. The van der Waals surface area contributed by atoms with Crippen molar-refractivity contribution in [2.45, 2.75) is 32.2 Å². The van der Waals surface area contributed by atoms with Gasteiger partial charge in [0, 0.05) is 25.3 Å². The Morgan fingerprint density at radius 1 is 1.35 bits per heavy atom. The highest BCUT2D eigenvalue weighted by Crippen LogP contribution is 2.14. The smallest absolute Gasteiger partial charge is 0.227 e. The second-order valence-electron chi connectivity index (χ2n) is 5.74. The predicted molar refractivity (Wildman–Crippen MR) is 82.5 cm³/mol. The lowest BCUT2D eigenvalue weighted by Gasteiger charge is -2.29. The van der Waals surface area contributed by atoms with Gasteiger partial charge in [0.15, 0.2) is 0 Å². The Kier molecular flexibility index (Phi) is 5.01. The zero-order valence-corrected chi connectivity index (χ0v) is 12.5. The van der Waals surface area contributed by atoms with Crippen LogP contribution in [0.3, 0.4) is 0 Å². The summed E-state index contributed by atoms with van der Waals surface area (Å²) in [5.74, 6) is 0.134. The van der Waals surface area contributed by atoms with Gasteiger partial charge >= 0.3 is 0 Å². The van der Waals surface area contributed by atoms with E-state index in [9.17, 15) is 4.79 Å². The minimum atomic E-state index is 0.134. The van der Waals surface area contributed by atoms with E-state index in [2.05, 4.69) is 11.8 Å². The van der Waals surface area contributed by atoms with Crippen LogP contribution in [0.2, 0.25) is 0 Å². The summed E-state index contributed by atoms with van der Waals surface area (Å²) in [5, 5.41) is 0. The molecule has 1 saturated heterocycles. The number of hydrogen-bond acceptors (Lipinski definition) is 3. The van der Waals surface area contributed by atoms with E-state index in [1.54, 1.807) is 0 Å². The summed E-state index contributed by atoms with van der Waals surface area (Å²) < 4.78 is 0. The molecule has 1 fully saturated rings. The number of likely N-dealkylation sites (tertiary alicyclic amines) is 1. The molecule has 1 aliphatic rings. The molecule has 1 aliphatic heterocycles. The molecule has 1 aromatic rings. The molecule has 1 heterocycles. The number of nitrogens with two attached hydrogens (primary N) is 1. The maximum absolute atomic E-state index is 12.3. The van der Waals surface area contributed by atoms with Gasteiger partial charge in [-0.3, -0.25) is 4.79 Å². The fourth-order valence-electron chi connectivity index (χ4n) is 2.69. The monoisotopic (exact) mass is 275 g/mol. The van der Waals surface area contributed by atoms with E-state index < -0.39 is 0 Å². The Morgan fingerprint density at radius 2 is 2.00 bits per heavy atom. The summed E-state index contributed by atoms with van der Waals surface area (Å²) in [6.45, 7) is 5.41. The molecule has 1 atom stereocenters. The van der Waals surface area contributed by atoms with Crippen molar-refractivity contribution < 1.29 is 4.79 Å². The minimum absolute atomic E-state index is 0.134. The zero-order chi connectivity index (χ0) is 14.5. The van der Waals surface area contributed by atoms with Crippen molar-refractivity contribution in [3.05, 3.63) is 29.8 Å². The maximum atomic E-state index is 12.3. The molecule has 1 amide bonds. The van der Waals surface area contributed by atoms with Crippen LogP contribution in [-0.2, 0) is 11.2 Å². The first kappa shape index (κ1) is 14.9. The Morgan fingerprint density at radius 3 is 2.65 bits per heavy atom. The van der Waals surface area contributed by atoms with Crippen LogP contribution in [0.25, 0.3) is 0 Å². The Bertz CT molecular complexity index is 455.